The molecule has 1 aromatic carbocycles. The third kappa shape index (κ3) is 4.11. The molecular formula is C20H26N2O5S. The van der Waals surface area contributed by atoms with Crippen LogP contribution in [0.4, 0.5) is 0 Å². The van der Waals surface area contributed by atoms with Crippen LogP contribution in [0.25, 0.3) is 0 Å². The lowest BCUT2D eigenvalue weighted by atomic mass is 9.86. The van der Waals surface area contributed by atoms with Crippen LogP contribution in [0, 0.1) is 4.64 Å². The molecule has 28 heavy (non-hydrogen) atoms. The molecule has 1 aromatic heterocycles. The molecule has 1 aliphatic rings. The van der Waals surface area contributed by atoms with Gasteiger partial charge in [0.2, 0.25) is 0 Å². The highest BCUT2D eigenvalue weighted by Crippen LogP contribution is 2.28. The van der Waals surface area contributed by atoms with Gasteiger partial charge in [-0.15, -0.1) is 0 Å². The van der Waals surface area contributed by atoms with Crippen molar-refractivity contribution in [2.24, 2.45) is 0 Å². The van der Waals surface area contributed by atoms with Crippen LogP contribution in [0.15, 0.2) is 35.3 Å². The zero-order valence-electron chi connectivity index (χ0n) is 16.1. The molecule has 0 spiro atoms. The Hall–Kier alpha value is -1.84. The van der Waals surface area contributed by atoms with Gasteiger partial charge < -0.3 is 20.1 Å². The highest BCUT2D eigenvalue weighted by molar-refractivity contribution is 7.71. The Balaban J connectivity index is 1.90. The van der Waals surface area contributed by atoms with E-state index < -0.39 is 36.8 Å². The van der Waals surface area contributed by atoms with Crippen molar-refractivity contribution in [1.82, 2.24) is 9.55 Å². The molecule has 0 radical (unpaired) electrons. The lowest BCUT2D eigenvalue weighted by Crippen LogP contribution is -2.36. The quantitative estimate of drug-likeness (QED) is 0.572. The van der Waals surface area contributed by atoms with E-state index in [4.69, 9.17) is 17.0 Å². The number of aliphatic hydroxyl groups excluding tert-OH is 3. The number of H-pyrrole nitrogens is 1. The molecule has 152 valence electrons. The average molecular weight is 407 g/mol. The molecule has 0 unspecified atom stereocenters. The molecule has 0 bridgehead atoms. The van der Waals surface area contributed by atoms with Gasteiger partial charge in [-0.3, -0.25) is 9.55 Å². The summed E-state index contributed by atoms with van der Waals surface area (Å²) in [6.07, 6.45) is -2.64. The van der Waals surface area contributed by atoms with Crippen LogP contribution in [0.5, 0.6) is 0 Å². The van der Waals surface area contributed by atoms with Gasteiger partial charge >= 0.3 is 5.69 Å². The summed E-state index contributed by atoms with van der Waals surface area (Å²) >= 11 is 5.30. The van der Waals surface area contributed by atoms with E-state index in [0.29, 0.717) is 16.6 Å². The highest BCUT2D eigenvalue weighted by atomic mass is 32.1. The number of aromatic nitrogens is 2. The monoisotopic (exact) mass is 406 g/mol. The van der Waals surface area contributed by atoms with Crippen molar-refractivity contribution in [3.05, 3.63) is 62.3 Å². The van der Waals surface area contributed by atoms with E-state index >= 15 is 0 Å². The predicted octanol–water partition coefficient (Wildman–Crippen LogP) is 1.41. The average Bonchev–Trinajstić information content (AvgIpc) is 2.92. The van der Waals surface area contributed by atoms with Crippen molar-refractivity contribution in [2.75, 3.05) is 6.61 Å². The van der Waals surface area contributed by atoms with Gasteiger partial charge in [0.05, 0.1) is 6.61 Å². The largest absolute Gasteiger partial charge is 0.394 e. The van der Waals surface area contributed by atoms with Crippen LogP contribution in [-0.2, 0) is 16.6 Å². The first-order chi connectivity index (χ1) is 13.1. The number of ether oxygens (including phenoxy) is 1. The predicted molar refractivity (Wildman–Crippen MR) is 107 cm³/mol. The van der Waals surface area contributed by atoms with Crippen molar-refractivity contribution in [1.29, 1.82) is 0 Å². The van der Waals surface area contributed by atoms with Crippen LogP contribution < -0.4 is 5.69 Å². The number of aromatic amines is 1. The van der Waals surface area contributed by atoms with Gasteiger partial charge in [0.1, 0.15) is 23.0 Å². The van der Waals surface area contributed by atoms with Crippen LogP contribution in [0.3, 0.4) is 0 Å². The molecule has 0 amide bonds. The van der Waals surface area contributed by atoms with Gasteiger partial charge in [-0.2, -0.15) is 0 Å². The van der Waals surface area contributed by atoms with Crippen molar-refractivity contribution < 1.29 is 20.1 Å². The summed E-state index contributed by atoms with van der Waals surface area (Å²) in [6.45, 7) is 5.98. The molecule has 3 rings (SSSR count). The Morgan fingerprint density at radius 2 is 1.82 bits per heavy atom. The second-order valence-electron chi connectivity index (χ2n) is 8.17. The fourth-order valence-electron chi connectivity index (χ4n) is 3.29. The maximum Gasteiger partial charge on any atom is 0.328 e. The van der Waals surface area contributed by atoms with E-state index in [1.807, 2.05) is 12.1 Å². The first-order valence-corrected chi connectivity index (χ1v) is 9.59. The smallest absolute Gasteiger partial charge is 0.328 e. The summed E-state index contributed by atoms with van der Waals surface area (Å²) in [4.78, 5) is 14.9. The number of hydrogen-bond acceptors (Lipinski definition) is 6. The van der Waals surface area contributed by atoms with Crippen molar-refractivity contribution >= 4 is 12.2 Å². The topological polar surface area (TPSA) is 108 Å². The van der Waals surface area contributed by atoms with E-state index in [2.05, 4.69) is 37.9 Å². The number of nitrogens with one attached hydrogen (secondary N) is 1. The lowest BCUT2D eigenvalue weighted by Gasteiger charge is -2.20. The minimum absolute atomic E-state index is 0.0583. The van der Waals surface area contributed by atoms with Crippen LogP contribution in [0.2, 0.25) is 0 Å². The summed E-state index contributed by atoms with van der Waals surface area (Å²) in [7, 11) is 0. The summed E-state index contributed by atoms with van der Waals surface area (Å²) < 4.78 is 6.95. The number of aliphatic hydroxyl groups is 3. The molecule has 0 saturated carbocycles. The van der Waals surface area contributed by atoms with Crippen molar-refractivity contribution in [3.8, 4) is 0 Å². The normalized spacial score (nSPS) is 25.2. The third-order valence-corrected chi connectivity index (χ3v) is 5.41. The van der Waals surface area contributed by atoms with E-state index in [1.165, 1.54) is 10.1 Å². The molecule has 4 atom stereocenters. The summed E-state index contributed by atoms with van der Waals surface area (Å²) in [6, 6.07) is 8.20. The molecule has 4 N–H and O–H groups in total. The molecule has 1 saturated heterocycles. The maximum absolute atomic E-state index is 12.3. The van der Waals surface area contributed by atoms with Gasteiger partial charge in [-0.25, -0.2) is 4.79 Å². The second-order valence-corrected chi connectivity index (χ2v) is 8.58. The Kier molecular flexibility index (Phi) is 5.88. The molecule has 7 nitrogen and oxygen atoms in total. The van der Waals surface area contributed by atoms with E-state index in [-0.39, 0.29) is 5.41 Å². The minimum Gasteiger partial charge on any atom is -0.394 e. The Labute approximate surface area is 168 Å². The SMILES string of the molecule is CC(C)(C)c1ccc(Cc2cn([C@@H]3O[C@H](CO)[C@@H](O)[C@H]3O)c(=O)[nH]c2=S)cc1. The van der Waals surface area contributed by atoms with Gasteiger partial charge in [0.15, 0.2) is 6.23 Å². The number of rotatable bonds is 4. The molecule has 0 aliphatic carbocycles. The summed E-state index contributed by atoms with van der Waals surface area (Å²) in [5.74, 6) is 0. The van der Waals surface area contributed by atoms with E-state index in [0.717, 1.165) is 5.56 Å². The molecule has 2 aromatic rings. The Bertz CT molecular complexity index is 945. The highest BCUT2D eigenvalue weighted by Gasteiger charge is 2.43. The Morgan fingerprint density at radius 3 is 2.36 bits per heavy atom. The van der Waals surface area contributed by atoms with Gasteiger partial charge in [-0.05, 0) is 16.5 Å². The summed E-state index contributed by atoms with van der Waals surface area (Å²) in [5, 5.41) is 29.4. The number of nitrogens with zero attached hydrogens (tertiary/aromatic N) is 1. The van der Waals surface area contributed by atoms with Gasteiger partial charge in [-0.1, -0.05) is 57.3 Å². The molecule has 8 heteroatoms. The standard InChI is InChI=1S/C20H26N2O5S/c1-20(2,3)13-6-4-11(5-7-13)8-12-9-22(19(26)21-17(12)28)18-16(25)15(24)14(10-23)27-18/h4-7,9,14-16,18,23-25H,8,10H2,1-3H3,(H,21,26,28)/t14-,15-,16-,18-/m1/s1. The van der Waals surface area contributed by atoms with E-state index in [9.17, 15) is 20.1 Å². The van der Waals surface area contributed by atoms with Gasteiger partial charge in [0, 0.05) is 18.2 Å². The first-order valence-electron chi connectivity index (χ1n) is 9.18. The first kappa shape index (κ1) is 20.9. The van der Waals surface area contributed by atoms with Crippen molar-refractivity contribution in [3.63, 3.8) is 0 Å². The maximum atomic E-state index is 12.3. The lowest BCUT2D eigenvalue weighted by molar-refractivity contribution is -0.0551. The van der Waals surface area contributed by atoms with Crippen molar-refractivity contribution in [2.45, 2.75) is 57.1 Å². The van der Waals surface area contributed by atoms with E-state index in [1.54, 1.807) is 6.20 Å². The fourth-order valence-corrected chi connectivity index (χ4v) is 3.51. The molecule has 1 fully saturated rings. The second kappa shape index (κ2) is 7.88. The molecule has 2 heterocycles. The number of benzene rings is 1. The van der Waals surface area contributed by atoms with Crippen LogP contribution in [-0.4, -0.2) is 49.8 Å². The fraction of sp³-hybridized carbons (Fsp3) is 0.500. The third-order valence-electron chi connectivity index (χ3n) is 5.05. The summed E-state index contributed by atoms with van der Waals surface area (Å²) in [5.41, 5.74) is 2.45. The molecular weight excluding hydrogens is 380 g/mol. The minimum atomic E-state index is -1.34. The van der Waals surface area contributed by atoms with Crippen LogP contribution in [0.1, 0.15) is 43.7 Å². The Morgan fingerprint density at radius 1 is 1.18 bits per heavy atom. The zero-order valence-corrected chi connectivity index (χ0v) is 16.9. The van der Waals surface area contributed by atoms with Gasteiger partial charge in [0.25, 0.3) is 0 Å². The van der Waals surface area contributed by atoms with Crippen LogP contribution >= 0.6 is 12.2 Å². The molecule has 1 aliphatic heterocycles. The zero-order chi connectivity index (χ0) is 20.6. The number of hydrogen-bond donors (Lipinski definition) is 4.